The van der Waals surface area contributed by atoms with E-state index in [1.54, 1.807) is 0 Å². The van der Waals surface area contributed by atoms with Crippen LogP contribution < -0.4 is 5.32 Å². The standard InChI is InChI=1S/C15H28ClN3/c1-5-15(6-2)19-8-7-13(18-19)11-17-14(10-16)9-12(3)4/h7-8,12,14-15,17H,5-6,9-11H2,1-4H3. The number of rotatable bonds is 9. The SMILES string of the molecule is CCC(CC)n1ccc(CNC(CCl)CC(C)C)n1. The van der Waals surface area contributed by atoms with E-state index in [-0.39, 0.29) is 0 Å². The molecule has 1 N–H and O–H groups in total. The molecule has 110 valence electrons. The van der Waals surface area contributed by atoms with Gasteiger partial charge in [0, 0.05) is 24.7 Å². The number of alkyl halides is 1. The van der Waals surface area contributed by atoms with Crippen LogP contribution in [0.5, 0.6) is 0 Å². The highest BCUT2D eigenvalue weighted by Gasteiger charge is 2.11. The highest BCUT2D eigenvalue weighted by molar-refractivity contribution is 6.18. The van der Waals surface area contributed by atoms with E-state index in [0.717, 1.165) is 31.5 Å². The summed E-state index contributed by atoms with van der Waals surface area (Å²) in [5.41, 5.74) is 1.10. The molecule has 0 aliphatic rings. The molecule has 1 heterocycles. The molecule has 0 spiro atoms. The monoisotopic (exact) mass is 285 g/mol. The summed E-state index contributed by atoms with van der Waals surface area (Å²) in [6.07, 6.45) is 5.45. The molecule has 1 atom stereocenters. The van der Waals surface area contributed by atoms with Gasteiger partial charge in [-0.25, -0.2) is 0 Å². The molecule has 0 saturated carbocycles. The number of halogens is 1. The fourth-order valence-corrected chi connectivity index (χ4v) is 2.59. The molecule has 0 fully saturated rings. The van der Waals surface area contributed by atoms with Gasteiger partial charge in [0.1, 0.15) is 0 Å². The molecule has 1 unspecified atom stereocenters. The Hall–Kier alpha value is -0.540. The normalized spacial score (nSPS) is 13.4. The van der Waals surface area contributed by atoms with Crippen molar-refractivity contribution in [3.05, 3.63) is 18.0 Å². The topological polar surface area (TPSA) is 29.9 Å². The molecule has 0 aromatic carbocycles. The van der Waals surface area contributed by atoms with Crippen LogP contribution in [0.1, 0.15) is 58.7 Å². The van der Waals surface area contributed by atoms with Gasteiger partial charge in [0.15, 0.2) is 0 Å². The lowest BCUT2D eigenvalue weighted by molar-refractivity contribution is 0.416. The number of hydrogen-bond acceptors (Lipinski definition) is 2. The Kier molecular flexibility index (Phi) is 7.47. The molecule has 3 nitrogen and oxygen atoms in total. The zero-order valence-corrected chi connectivity index (χ0v) is 13.5. The largest absolute Gasteiger partial charge is 0.307 e. The van der Waals surface area contributed by atoms with E-state index >= 15 is 0 Å². The summed E-state index contributed by atoms with van der Waals surface area (Å²) < 4.78 is 2.09. The van der Waals surface area contributed by atoms with E-state index < -0.39 is 0 Å². The van der Waals surface area contributed by atoms with Gasteiger partial charge in [-0.15, -0.1) is 11.6 Å². The first-order valence-corrected chi connectivity index (χ1v) is 7.97. The van der Waals surface area contributed by atoms with Gasteiger partial charge in [0.2, 0.25) is 0 Å². The molecule has 0 aliphatic heterocycles. The maximum atomic E-state index is 5.99. The summed E-state index contributed by atoms with van der Waals surface area (Å²) in [5, 5.41) is 8.15. The average molecular weight is 286 g/mol. The number of nitrogens with one attached hydrogen (secondary N) is 1. The zero-order chi connectivity index (χ0) is 14.3. The van der Waals surface area contributed by atoms with E-state index in [1.807, 2.05) is 0 Å². The van der Waals surface area contributed by atoms with Crippen LogP contribution in [0.2, 0.25) is 0 Å². The Morgan fingerprint density at radius 3 is 2.53 bits per heavy atom. The third-order valence-electron chi connectivity index (χ3n) is 3.49. The van der Waals surface area contributed by atoms with Gasteiger partial charge in [0.05, 0.1) is 11.7 Å². The van der Waals surface area contributed by atoms with Crippen molar-refractivity contribution in [2.45, 2.75) is 65.6 Å². The van der Waals surface area contributed by atoms with E-state index in [9.17, 15) is 0 Å². The van der Waals surface area contributed by atoms with Crippen LogP contribution >= 0.6 is 11.6 Å². The second kappa shape index (κ2) is 8.60. The molecule has 4 heteroatoms. The molecule has 1 aromatic rings. The van der Waals surface area contributed by atoms with Gasteiger partial charge in [-0.3, -0.25) is 4.68 Å². The Bertz CT molecular complexity index is 345. The highest BCUT2D eigenvalue weighted by Crippen LogP contribution is 2.14. The minimum atomic E-state index is 0.375. The molecule has 0 saturated heterocycles. The first kappa shape index (κ1) is 16.5. The summed E-state index contributed by atoms with van der Waals surface area (Å²) >= 11 is 5.99. The van der Waals surface area contributed by atoms with Crippen molar-refractivity contribution < 1.29 is 0 Å². The molecule has 0 radical (unpaired) electrons. The fraction of sp³-hybridized carbons (Fsp3) is 0.800. The Balaban J connectivity index is 2.49. The van der Waals surface area contributed by atoms with Crippen LogP contribution in [-0.2, 0) is 6.54 Å². The van der Waals surface area contributed by atoms with Crippen LogP contribution in [-0.4, -0.2) is 21.7 Å². The zero-order valence-electron chi connectivity index (χ0n) is 12.7. The van der Waals surface area contributed by atoms with E-state index in [4.69, 9.17) is 11.6 Å². The Labute approximate surface area is 122 Å². The second-order valence-electron chi connectivity index (χ2n) is 5.62. The quantitative estimate of drug-likeness (QED) is 0.695. The van der Waals surface area contributed by atoms with Crippen molar-refractivity contribution in [3.8, 4) is 0 Å². The number of hydrogen-bond donors (Lipinski definition) is 1. The smallest absolute Gasteiger partial charge is 0.0762 e. The van der Waals surface area contributed by atoms with E-state index in [2.05, 4.69) is 55.1 Å². The van der Waals surface area contributed by atoms with Crippen molar-refractivity contribution >= 4 is 11.6 Å². The first-order chi connectivity index (χ1) is 9.10. The summed E-state index contributed by atoms with van der Waals surface area (Å²) in [7, 11) is 0. The third-order valence-corrected chi connectivity index (χ3v) is 3.87. The van der Waals surface area contributed by atoms with Crippen LogP contribution in [0.25, 0.3) is 0 Å². The minimum Gasteiger partial charge on any atom is -0.307 e. The van der Waals surface area contributed by atoms with Crippen LogP contribution in [0.4, 0.5) is 0 Å². The average Bonchev–Trinajstić information content (AvgIpc) is 2.84. The minimum absolute atomic E-state index is 0.375. The van der Waals surface area contributed by atoms with E-state index in [0.29, 0.717) is 23.9 Å². The van der Waals surface area contributed by atoms with Crippen molar-refractivity contribution in [1.82, 2.24) is 15.1 Å². The van der Waals surface area contributed by atoms with Crippen LogP contribution in [0, 0.1) is 5.92 Å². The van der Waals surface area contributed by atoms with Crippen molar-refractivity contribution in [2.75, 3.05) is 5.88 Å². The van der Waals surface area contributed by atoms with Gasteiger partial charge in [0.25, 0.3) is 0 Å². The maximum absolute atomic E-state index is 5.99. The highest BCUT2D eigenvalue weighted by atomic mass is 35.5. The Morgan fingerprint density at radius 1 is 1.32 bits per heavy atom. The predicted molar refractivity (Wildman–Crippen MR) is 82.6 cm³/mol. The van der Waals surface area contributed by atoms with Crippen molar-refractivity contribution in [1.29, 1.82) is 0 Å². The molecular weight excluding hydrogens is 258 g/mol. The van der Waals surface area contributed by atoms with Crippen molar-refractivity contribution in [2.24, 2.45) is 5.92 Å². The number of aromatic nitrogens is 2. The molecule has 0 amide bonds. The fourth-order valence-electron chi connectivity index (χ4n) is 2.36. The van der Waals surface area contributed by atoms with Crippen LogP contribution in [0.3, 0.4) is 0 Å². The predicted octanol–water partition coefficient (Wildman–Crippen LogP) is 3.99. The second-order valence-corrected chi connectivity index (χ2v) is 5.93. The third kappa shape index (κ3) is 5.53. The molecular formula is C15H28ClN3. The molecule has 0 bridgehead atoms. The lowest BCUT2D eigenvalue weighted by Gasteiger charge is -2.17. The summed E-state index contributed by atoms with van der Waals surface area (Å²) in [6, 6.07) is 3.00. The Morgan fingerprint density at radius 2 is 2.00 bits per heavy atom. The van der Waals surface area contributed by atoms with Gasteiger partial charge in [-0.2, -0.15) is 5.10 Å². The number of nitrogens with zero attached hydrogens (tertiary/aromatic N) is 2. The van der Waals surface area contributed by atoms with E-state index in [1.165, 1.54) is 0 Å². The molecule has 1 aromatic heterocycles. The summed E-state index contributed by atoms with van der Waals surface area (Å²) in [4.78, 5) is 0. The lowest BCUT2D eigenvalue weighted by Crippen LogP contribution is -2.31. The van der Waals surface area contributed by atoms with Gasteiger partial charge >= 0.3 is 0 Å². The van der Waals surface area contributed by atoms with Gasteiger partial charge < -0.3 is 5.32 Å². The maximum Gasteiger partial charge on any atom is 0.0762 e. The summed E-state index contributed by atoms with van der Waals surface area (Å²) in [6.45, 7) is 9.67. The first-order valence-electron chi connectivity index (χ1n) is 7.44. The van der Waals surface area contributed by atoms with Crippen LogP contribution in [0.15, 0.2) is 12.3 Å². The lowest BCUT2D eigenvalue weighted by atomic mass is 10.1. The van der Waals surface area contributed by atoms with Gasteiger partial charge in [-0.05, 0) is 31.2 Å². The van der Waals surface area contributed by atoms with Gasteiger partial charge in [-0.1, -0.05) is 27.7 Å². The molecule has 0 aliphatic carbocycles. The van der Waals surface area contributed by atoms with Crippen molar-refractivity contribution in [3.63, 3.8) is 0 Å². The summed E-state index contributed by atoms with van der Waals surface area (Å²) in [5.74, 6) is 1.32. The molecule has 1 rings (SSSR count). The molecule has 19 heavy (non-hydrogen) atoms.